The summed E-state index contributed by atoms with van der Waals surface area (Å²) in [5, 5.41) is 2.49. The summed E-state index contributed by atoms with van der Waals surface area (Å²) >= 11 is 3.71. The van der Waals surface area contributed by atoms with Gasteiger partial charge in [-0.1, -0.05) is 146 Å². The summed E-state index contributed by atoms with van der Waals surface area (Å²) in [7, 11) is -0.289. The Bertz CT molecular complexity index is 4900. The van der Waals surface area contributed by atoms with E-state index in [-0.39, 0.29) is 18.3 Å². The summed E-state index contributed by atoms with van der Waals surface area (Å²) in [5.74, 6) is 1.85. The van der Waals surface area contributed by atoms with E-state index in [0.29, 0.717) is 0 Å². The molecule has 9 nitrogen and oxygen atoms in total. The number of hydrogen-bond donors (Lipinski definition) is 1. The topological polar surface area (TPSA) is 78.7 Å². The molecule has 15 aromatic rings. The lowest BCUT2D eigenvalue weighted by Crippen LogP contribution is -2.41. The number of rotatable bonds is 4. The van der Waals surface area contributed by atoms with Crippen molar-refractivity contribution in [1.29, 1.82) is 0 Å². The van der Waals surface area contributed by atoms with Crippen LogP contribution < -0.4 is 5.46 Å². The van der Waals surface area contributed by atoms with E-state index in [1.54, 1.807) is 0 Å². The van der Waals surface area contributed by atoms with Crippen molar-refractivity contribution in [3.8, 4) is 33.6 Å². The van der Waals surface area contributed by atoms with Crippen LogP contribution in [-0.4, -0.2) is 51.2 Å². The minimum Gasteiger partial charge on any atom is -0.399 e. The fourth-order valence-corrected chi connectivity index (χ4v) is 12.5. The van der Waals surface area contributed by atoms with Gasteiger partial charge in [-0.05, 0) is 168 Å². The fraction of sp³-hybridized carbons (Fsp3) is 0.101. The second kappa shape index (κ2) is 18.6. The largest absolute Gasteiger partial charge is 0.494 e. The SMILES string of the molecule is Brc1cccc2c1n1c3ccccc3nc1n2-c1ccccc1.CC1(C)OB(c2ccc3c(c2)-c2ccccc2C3)OC1(C)C.c1ccc(-n2c3cccc(-c4ccc5[nH]c6ccccc6c5c4)c3n3c4ccccc4nc23)cc1. The highest BCUT2D eigenvalue weighted by Gasteiger charge is 2.52. The van der Waals surface area contributed by atoms with Gasteiger partial charge in [-0.2, -0.15) is 0 Å². The molecule has 1 fully saturated rings. The van der Waals surface area contributed by atoms with Crippen LogP contribution >= 0.6 is 15.9 Å². The number of para-hydroxylation sites is 9. The second-order valence-electron chi connectivity index (χ2n) is 21.9. The first kappa shape index (κ1) is 48.2. The predicted molar refractivity (Wildman–Crippen MR) is 332 cm³/mol. The van der Waals surface area contributed by atoms with Gasteiger partial charge in [0.05, 0.1) is 55.3 Å². The average molecular weight is 1100 g/mol. The molecule has 0 radical (unpaired) electrons. The van der Waals surface area contributed by atoms with Crippen LogP contribution in [0.15, 0.2) is 235 Å². The number of aromatic amines is 1. The normalized spacial score (nSPS) is 14.3. The zero-order valence-electron chi connectivity index (χ0n) is 44.6. The van der Waals surface area contributed by atoms with Gasteiger partial charge in [0.1, 0.15) is 0 Å². The average Bonchev–Trinajstić information content (AvgIpc) is 4.54. The first-order chi connectivity index (χ1) is 39.1. The van der Waals surface area contributed by atoms with E-state index < -0.39 is 0 Å². The highest BCUT2D eigenvalue weighted by atomic mass is 79.9. The van der Waals surface area contributed by atoms with E-state index in [1.165, 1.54) is 49.7 Å². The lowest BCUT2D eigenvalue weighted by molar-refractivity contribution is 0.00578. The van der Waals surface area contributed by atoms with Crippen LogP contribution in [0.5, 0.6) is 0 Å². The molecule has 10 aromatic carbocycles. The van der Waals surface area contributed by atoms with E-state index in [1.807, 2.05) is 12.1 Å². The predicted octanol–water partition coefficient (Wildman–Crippen LogP) is 16.5. The molecule has 1 aliphatic heterocycles. The van der Waals surface area contributed by atoms with Crippen LogP contribution in [-0.2, 0) is 15.7 Å². The molecular weight excluding hydrogens is 1050 g/mol. The van der Waals surface area contributed by atoms with Crippen molar-refractivity contribution >= 4 is 106 Å². The van der Waals surface area contributed by atoms with Gasteiger partial charge in [-0.15, -0.1) is 0 Å². The molecule has 0 spiro atoms. The van der Waals surface area contributed by atoms with Gasteiger partial charge in [0.15, 0.2) is 0 Å². The molecule has 0 amide bonds. The van der Waals surface area contributed by atoms with Crippen LogP contribution in [0, 0.1) is 0 Å². The second-order valence-corrected chi connectivity index (χ2v) is 22.7. The molecule has 0 saturated carbocycles. The molecule has 1 saturated heterocycles. The number of halogens is 1. The Balaban J connectivity index is 0.000000108. The summed E-state index contributed by atoms with van der Waals surface area (Å²) in [5.41, 5.74) is 21.7. The number of nitrogens with one attached hydrogen (secondary N) is 1. The van der Waals surface area contributed by atoms with Crippen LogP contribution in [0.2, 0.25) is 0 Å². The van der Waals surface area contributed by atoms with Crippen LogP contribution in [0.4, 0.5) is 0 Å². The van der Waals surface area contributed by atoms with E-state index in [9.17, 15) is 0 Å². The lowest BCUT2D eigenvalue weighted by Gasteiger charge is -2.32. The summed E-state index contributed by atoms with van der Waals surface area (Å²) in [6, 6.07) is 80.8. The third-order valence-corrected chi connectivity index (χ3v) is 17.2. The van der Waals surface area contributed by atoms with E-state index in [2.05, 4.69) is 285 Å². The number of H-pyrrole nitrogens is 1. The number of fused-ring (bicyclic) bond motifs is 16. The van der Waals surface area contributed by atoms with Crippen LogP contribution in [0.3, 0.4) is 0 Å². The molecule has 0 atom stereocenters. The maximum absolute atomic E-state index is 6.18. The van der Waals surface area contributed by atoms with Gasteiger partial charge in [-0.3, -0.25) is 17.9 Å². The molecular formula is C69H53BBrN7O2. The molecule has 2 aliphatic rings. The highest BCUT2D eigenvalue weighted by molar-refractivity contribution is 9.10. The van der Waals surface area contributed by atoms with Crippen LogP contribution in [0.25, 0.3) is 111 Å². The van der Waals surface area contributed by atoms with E-state index in [4.69, 9.17) is 19.3 Å². The smallest absolute Gasteiger partial charge is 0.399 e. The number of nitrogens with zero attached hydrogens (tertiary/aromatic N) is 6. The Morgan fingerprint density at radius 2 is 0.975 bits per heavy atom. The van der Waals surface area contributed by atoms with Crippen molar-refractivity contribution in [2.75, 3.05) is 0 Å². The molecule has 386 valence electrons. The van der Waals surface area contributed by atoms with Crippen LogP contribution in [0.1, 0.15) is 38.8 Å². The quantitative estimate of drug-likeness (QED) is 0.178. The molecule has 1 N–H and O–H groups in total. The van der Waals surface area contributed by atoms with Gasteiger partial charge >= 0.3 is 7.12 Å². The minimum atomic E-state index is -0.297. The van der Waals surface area contributed by atoms with Crippen molar-refractivity contribution in [2.24, 2.45) is 0 Å². The van der Waals surface area contributed by atoms with E-state index in [0.717, 1.165) is 88.9 Å². The number of imidazole rings is 4. The van der Waals surface area contributed by atoms with Gasteiger partial charge in [0.25, 0.3) is 0 Å². The molecule has 0 bridgehead atoms. The first-order valence-electron chi connectivity index (χ1n) is 27.2. The Morgan fingerprint density at radius 3 is 1.66 bits per heavy atom. The van der Waals surface area contributed by atoms with Gasteiger partial charge in [0, 0.05) is 43.2 Å². The number of hydrogen-bond acceptors (Lipinski definition) is 4. The van der Waals surface area contributed by atoms with Crippen molar-refractivity contribution in [1.82, 2.24) is 32.9 Å². The first-order valence-corrected chi connectivity index (χ1v) is 28.0. The van der Waals surface area contributed by atoms with Gasteiger partial charge < -0.3 is 14.3 Å². The van der Waals surface area contributed by atoms with Crippen molar-refractivity contribution in [3.05, 3.63) is 246 Å². The monoisotopic (exact) mass is 1100 g/mol. The Kier molecular flexibility index (Phi) is 11.2. The summed E-state index contributed by atoms with van der Waals surface area (Å²) in [6.45, 7) is 8.37. The molecule has 11 heteroatoms. The Hall–Kier alpha value is -9.00. The standard InChI is InChI=1S/C31H20N4.C19H21BO2.C19H12BrN3/c1-2-9-21(10-3-1)34-29-16-8-12-22(30(29)35-28-15-7-6-14-27(28)33-31(34)35)20-17-18-26-24(19-20)23-11-4-5-13-25(23)32-26;1-18(2)19(3,4)22-20(21-18)15-10-9-14-11-13-7-5-6-8-16(13)17(14)12-15;20-14-9-6-12-17-18(14)23-16-11-5-4-10-15(16)21-19(23)22(17)13-7-2-1-3-8-13/h1-19,32H;5-10,12H,11H2,1-4H3;1-12H. The Labute approximate surface area is 470 Å². The number of benzene rings is 10. The summed E-state index contributed by atoms with van der Waals surface area (Å²) < 4.78 is 22.4. The lowest BCUT2D eigenvalue weighted by atomic mass is 9.77. The summed E-state index contributed by atoms with van der Waals surface area (Å²) in [4.78, 5) is 13.5. The molecule has 0 unspecified atom stereocenters. The molecule has 80 heavy (non-hydrogen) atoms. The molecule has 1 aliphatic carbocycles. The third kappa shape index (κ3) is 7.67. The number of aromatic nitrogens is 7. The third-order valence-electron chi connectivity index (χ3n) is 16.6. The summed E-state index contributed by atoms with van der Waals surface area (Å²) in [6.07, 6.45) is 1.02. The molecule has 5 aromatic heterocycles. The maximum Gasteiger partial charge on any atom is 0.494 e. The van der Waals surface area contributed by atoms with Gasteiger partial charge in [-0.25, -0.2) is 9.97 Å². The Morgan fingerprint density at radius 1 is 0.450 bits per heavy atom. The maximum atomic E-state index is 6.18. The molecule has 6 heterocycles. The van der Waals surface area contributed by atoms with Crippen molar-refractivity contribution in [2.45, 2.75) is 45.3 Å². The van der Waals surface area contributed by atoms with E-state index >= 15 is 0 Å². The van der Waals surface area contributed by atoms with Crippen molar-refractivity contribution < 1.29 is 9.31 Å². The van der Waals surface area contributed by atoms with Gasteiger partial charge in [0.2, 0.25) is 11.6 Å². The molecule has 17 rings (SSSR count). The fourth-order valence-electron chi connectivity index (χ4n) is 12.0. The minimum absolute atomic E-state index is 0.289. The highest BCUT2D eigenvalue weighted by Crippen LogP contribution is 2.41. The zero-order chi connectivity index (χ0) is 53.9. The van der Waals surface area contributed by atoms with Crippen molar-refractivity contribution in [3.63, 3.8) is 0 Å². The zero-order valence-corrected chi connectivity index (χ0v) is 46.2.